The maximum Gasteiger partial charge on any atom is 0.195 e. The maximum atomic E-state index is 13.9. The number of benzene rings is 2. The topological polar surface area (TPSA) is 20.3 Å². The molecule has 22 heavy (non-hydrogen) atoms. The zero-order valence-corrected chi connectivity index (χ0v) is 13.8. The van der Waals surface area contributed by atoms with Gasteiger partial charge >= 0.3 is 0 Å². The van der Waals surface area contributed by atoms with Crippen molar-refractivity contribution in [2.75, 3.05) is 13.1 Å². The van der Waals surface area contributed by atoms with Gasteiger partial charge in [0.25, 0.3) is 0 Å². The summed E-state index contributed by atoms with van der Waals surface area (Å²) in [5.41, 5.74) is 1.82. The summed E-state index contributed by atoms with van der Waals surface area (Å²) in [7, 11) is 0. The molecular weight excluding hydrogens is 345 g/mol. The predicted molar refractivity (Wildman–Crippen MR) is 88.5 cm³/mol. The van der Waals surface area contributed by atoms with Crippen molar-refractivity contribution in [3.63, 3.8) is 0 Å². The molecule has 4 heteroatoms. The van der Waals surface area contributed by atoms with Crippen molar-refractivity contribution in [3.05, 3.63) is 69.4 Å². The fourth-order valence-corrected chi connectivity index (χ4v) is 3.12. The fourth-order valence-electron chi connectivity index (χ4n) is 2.79. The second-order valence-corrected chi connectivity index (χ2v) is 6.55. The van der Waals surface area contributed by atoms with Gasteiger partial charge in [-0.3, -0.25) is 9.69 Å². The Balaban J connectivity index is 1.75. The van der Waals surface area contributed by atoms with Crippen LogP contribution in [0.2, 0.25) is 0 Å². The Labute approximate surface area is 138 Å². The molecule has 1 heterocycles. The van der Waals surface area contributed by atoms with Crippen molar-refractivity contribution in [1.82, 2.24) is 4.90 Å². The normalized spacial score (nSPS) is 15.2. The molecule has 0 amide bonds. The maximum absolute atomic E-state index is 13.9. The highest BCUT2D eigenvalue weighted by Crippen LogP contribution is 2.19. The molecule has 0 spiro atoms. The number of rotatable bonds is 4. The van der Waals surface area contributed by atoms with Crippen LogP contribution in [0.25, 0.3) is 0 Å². The molecule has 0 saturated carbocycles. The minimum atomic E-state index is -0.500. The number of carbonyl (C=O) groups is 1. The molecule has 1 aliphatic heterocycles. The van der Waals surface area contributed by atoms with E-state index in [9.17, 15) is 9.18 Å². The van der Waals surface area contributed by atoms with E-state index < -0.39 is 5.82 Å². The van der Waals surface area contributed by atoms with E-state index in [1.54, 1.807) is 18.2 Å². The highest BCUT2D eigenvalue weighted by molar-refractivity contribution is 9.10. The van der Waals surface area contributed by atoms with Gasteiger partial charge in [0.1, 0.15) is 5.82 Å². The number of ketones is 1. The lowest BCUT2D eigenvalue weighted by Gasteiger charge is -2.14. The standard InChI is InChI=1S/C18H17BrFNO/c19-15-7-8-16(17(20)11-15)18(22)14-5-3-13(4-6-14)12-21-9-1-2-10-21/h3-8,11H,1-2,9-10,12H2. The summed E-state index contributed by atoms with van der Waals surface area (Å²) in [5.74, 6) is -0.779. The van der Waals surface area contributed by atoms with Gasteiger partial charge in [-0.25, -0.2) is 4.39 Å². The molecule has 0 atom stereocenters. The van der Waals surface area contributed by atoms with Gasteiger partial charge in [-0.05, 0) is 49.7 Å². The molecule has 0 bridgehead atoms. The Morgan fingerprint density at radius 2 is 1.77 bits per heavy atom. The molecule has 1 aliphatic rings. The van der Waals surface area contributed by atoms with E-state index in [0.717, 1.165) is 19.6 Å². The molecular formula is C18H17BrFNO. The van der Waals surface area contributed by atoms with Crippen molar-refractivity contribution < 1.29 is 9.18 Å². The number of carbonyl (C=O) groups excluding carboxylic acids is 1. The molecule has 0 aromatic heterocycles. The summed E-state index contributed by atoms with van der Waals surface area (Å²) < 4.78 is 14.5. The quantitative estimate of drug-likeness (QED) is 0.751. The number of hydrogen-bond acceptors (Lipinski definition) is 2. The third-order valence-corrected chi connectivity index (χ3v) is 4.49. The molecule has 0 radical (unpaired) electrons. The largest absolute Gasteiger partial charge is 0.299 e. The first-order valence-corrected chi connectivity index (χ1v) is 8.24. The Kier molecular flexibility index (Phi) is 4.69. The summed E-state index contributed by atoms with van der Waals surface area (Å²) in [4.78, 5) is 14.8. The van der Waals surface area contributed by atoms with Crippen LogP contribution in [0.5, 0.6) is 0 Å². The first kappa shape index (κ1) is 15.4. The summed E-state index contributed by atoms with van der Waals surface area (Å²) >= 11 is 3.20. The van der Waals surface area contributed by atoms with Gasteiger partial charge in [0.15, 0.2) is 5.78 Å². The molecule has 3 rings (SSSR count). The van der Waals surface area contributed by atoms with Gasteiger partial charge in [-0.2, -0.15) is 0 Å². The van der Waals surface area contributed by atoms with E-state index >= 15 is 0 Å². The fraction of sp³-hybridized carbons (Fsp3) is 0.278. The Morgan fingerprint density at radius 3 is 2.41 bits per heavy atom. The first-order chi connectivity index (χ1) is 10.6. The van der Waals surface area contributed by atoms with E-state index in [1.807, 2.05) is 12.1 Å². The van der Waals surface area contributed by atoms with E-state index in [0.29, 0.717) is 10.0 Å². The van der Waals surface area contributed by atoms with Crippen molar-refractivity contribution in [2.45, 2.75) is 19.4 Å². The Morgan fingerprint density at radius 1 is 1.09 bits per heavy atom. The van der Waals surface area contributed by atoms with Crippen LogP contribution in [0.1, 0.15) is 34.3 Å². The number of nitrogens with zero attached hydrogens (tertiary/aromatic N) is 1. The summed E-state index contributed by atoms with van der Waals surface area (Å²) in [6.45, 7) is 3.21. The van der Waals surface area contributed by atoms with E-state index in [1.165, 1.54) is 30.5 Å². The molecule has 0 aliphatic carbocycles. The van der Waals surface area contributed by atoms with Crippen molar-refractivity contribution in [3.8, 4) is 0 Å². The van der Waals surface area contributed by atoms with Crippen molar-refractivity contribution in [1.29, 1.82) is 0 Å². The SMILES string of the molecule is O=C(c1ccc(CN2CCCC2)cc1)c1ccc(Br)cc1F. The van der Waals surface area contributed by atoms with Gasteiger partial charge in [-0.15, -0.1) is 0 Å². The van der Waals surface area contributed by atoms with Crippen LogP contribution >= 0.6 is 15.9 Å². The average Bonchev–Trinajstić information content (AvgIpc) is 3.00. The van der Waals surface area contributed by atoms with Crippen LogP contribution in [0.4, 0.5) is 4.39 Å². The van der Waals surface area contributed by atoms with Crippen LogP contribution in [-0.2, 0) is 6.54 Å². The third kappa shape index (κ3) is 3.45. The van der Waals surface area contributed by atoms with Crippen LogP contribution in [-0.4, -0.2) is 23.8 Å². The number of halogens is 2. The van der Waals surface area contributed by atoms with Gasteiger partial charge in [0.05, 0.1) is 5.56 Å². The lowest BCUT2D eigenvalue weighted by atomic mass is 10.0. The monoisotopic (exact) mass is 361 g/mol. The van der Waals surface area contributed by atoms with Crippen molar-refractivity contribution >= 4 is 21.7 Å². The third-order valence-electron chi connectivity index (χ3n) is 4.00. The van der Waals surface area contributed by atoms with Gasteiger partial charge in [0, 0.05) is 16.6 Å². The smallest absolute Gasteiger partial charge is 0.195 e. The zero-order chi connectivity index (χ0) is 15.5. The molecule has 1 fully saturated rings. The minimum Gasteiger partial charge on any atom is -0.299 e. The molecule has 1 saturated heterocycles. The lowest BCUT2D eigenvalue weighted by Crippen LogP contribution is -2.18. The minimum absolute atomic E-state index is 0.107. The Hall–Kier alpha value is -1.52. The molecule has 2 nitrogen and oxygen atoms in total. The lowest BCUT2D eigenvalue weighted by molar-refractivity contribution is 0.103. The van der Waals surface area contributed by atoms with Gasteiger partial charge < -0.3 is 0 Å². The highest BCUT2D eigenvalue weighted by atomic mass is 79.9. The second-order valence-electron chi connectivity index (χ2n) is 5.63. The van der Waals surface area contributed by atoms with E-state index in [2.05, 4.69) is 20.8 Å². The molecule has 0 unspecified atom stereocenters. The van der Waals surface area contributed by atoms with E-state index in [4.69, 9.17) is 0 Å². The summed E-state index contributed by atoms with van der Waals surface area (Å²) in [5, 5.41) is 0. The first-order valence-electron chi connectivity index (χ1n) is 7.44. The van der Waals surface area contributed by atoms with Crippen molar-refractivity contribution in [2.24, 2.45) is 0 Å². The molecule has 2 aromatic rings. The summed E-state index contributed by atoms with van der Waals surface area (Å²) in [6.07, 6.45) is 2.53. The summed E-state index contributed by atoms with van der Waals surface area (Å²) in [6, 6.07) is 12.0. The molecule has 114 valence electrons. The number of hydrogen-bond donors (Lipinski definition) is 0. The second kappa shape index (κ2) is 6.71. The number of likely N-dealkylation sites (tertiary alicyclic amines) is 1. The van der Waals surface area contributed by atoms with Crippen LogP contribution in [0.3, 0.4) is 0 Å². The molecule has 2 aromatic carbocycles. The molecule has 0 N–H and O–H groups in total. The Bertz CT molecular complexity index is 678. The van der Waals surface area contributed by atoms with Crippen LogP contribution in [0, 0.1) is 5.82 Å². The van der Waals surface area contributed by atoms with Gasteiger partial charge in [0.2, 0.25) is 0 Å². The van der Waals surface area contributed by atoms with Crippen LogP contribution < -0.4 is 0 Å². The highest BCUT2D eigenvalue weighted by Gasteiger charge is 2.15. The van der Waals surface area contributed by atoms with Crippen LogP contribution in [0.15, 0.2) is 46.9 Å². The predicted octanol–water partition coefficient (Wildman–Crippen LogP) is 4.42. The zero-order valence-electron chi connectivity index (χ0n) is 12.2. The van der Waals surface area contributed by atoms with Gasteiger partial charge in [-0.1, -0.05) is 40.2 Å². The van der Waals surface area contributed by atoms with E-state index in [-0.39, 0.29) is 11.3 Å². The average molecular weight is 362 g/mol.